The van der Waals surface area contributed by atoms with Gasteiger partial charge < -0.3 is 38.4 Å². The highest BCUT2D eigenvalue weighted by Crippen LogP contribution is 2.41. The van der Waals surface area contributed by atoms with E-state index < -0.39 is 83.5 Å². The van der Waals surface area contributed by atoms with Gasteiger partial charge in [0.15, 0.2) is 23.8 Å². The standard InChI is InChI=1S/C41H58N2O11/c1-22-20-40(7,49-17-13-14-28-19-29-15-11-12-16-30(29)42-21-28)35(52-38-34(46)31(43(9)10)18-23(2)50-38)25(4)33(45)26(5)37(47)51-27(6)41(8)36(24(3)32(22)44)53-39(48)54-41/h11-12,15-16,19,21-27,31,34-36,38,46H,13-14,17-18,20H2,1-10H3/t22-,23-,24-,25+,26-,27+,31+,34-,35-,36-,38+,40+,41-/m1/s1. The van der Waals surface area contributed by atoms with E-state index in [0.29, 0.717) is 19.3 Å². The number of benzene rings is 1. The third-order valence-corrected chi connectivity index (χ3v) is 11.8. The number of pyridine rings is 1. The molecule has 13 nitrogen and oxygen atoms in total. The number of nitrogens with zero attached hydrogens (tertiary/aromatic N) is 2. The van der Waals surface area contributed by atoms with Gasteiger partial charge in [-0.3, -0.25) is 19.4 Å². The number of rotatable bonds is 8. The van der Waals surface area contributed by atoms with Gasteiger partial charge >= 0.3 is 12.1 Å². The number of Topliss-reactive ketones (excluding diaryl/α,β-unsaturated/α-hetero) is 2. The van der Waals surface area contributed by atoms with Crippen LogP contribution in [0.4, 0.5) is 4.79 Å². The first-order chi connectivity index (χ1) is 25.4. The van der Waals surface area contributed by atoms with Gasteiger partial charge in [0, 0.05) is 36.1 Å². The topological polar surface area (TPSA) is 160 Å². The molecule has 0 unspecified atom stereocenters. The normalized spacial score (nSPS) is 38.4. The van der Waals surface area contributed by atoms with Crippen LogP contribution in [0.5, 0.6) is 0 Å². The van der Waals surface area contributed by atoms with E-state index in [1.165, 1.54) is 6.92 Å². The fourth-order valence-electron chi connectivity index (χ4n) is 8.44. The zero-order valence-corrected chi connectivity index (χ0v) is 33.3. The minimum atomic E-state index is -1.49. The lowest BCUT2D eigenvalue weighted by molar-refractivity contribution is -0.297. The third-order valence-electron chi connectivity index (χ3n) is 11.8. The maximum atomic E-state index is 14.3. The largest absolute Gasteiger partial charge is 0.509 e. The van der Waals surface area contributed by atoms with Crippen LogP contribution in [-0.4, -0.2) is 113 Å². The lowest BCUT2D eigenvalue weighted by atomic mass is 9.74. The Bertz CT molecular complexity index is 1690. The SMILES string of the molecule is C[C@H]1C(=O)O[C@@H](C)[C@@]2(C)OC(=O)O[C@@H]2[C@H](C)C(=O)[C@H](C)C[C@](C)(OCCCc2cnc3ccccc3c2)[C@H](O[C@@H]2O[C@H](C)C[C@H](N(C)C)[C@H]2O)[C@@H](C)C1=O. The Hall–Kier alpha value is -3.49. The van der Waals surface area contributed by atoms with Crippen LogP contribution in [0.25, 0.3) is 10.9 Å². The summed E-state index contributed by atoms with van der Waals surface area (Å²) in [5.74, 6) is -5.32. The first kappa shape index (κ1) is 41.7. The number of fused-ring (bicyclic) bond motifs is 2. The van der Waals surface area contributed by atoms with Gasteiger partial charge in [0.05, 0.1) is 29.2 Å². The van der Waals surface area contributed by atoms with Crippen molar-refractivity contribution in [3.05, 3.63) is 42.1 Å². The van der Waals surface area contributed by atoms with Gasteiger partial charge in [0.25, 0.3) is 0 Å². The van der Waals surface area contributed by atoms with Crippen molar-refractivity contribution in [2.24, 2.45) is 23.7 Å². The van der Waals surface area contributed by atoms with Gasteiger partial charge in [-0.2, -0.15) is 0 Å². The second-order valence-corrected chi connectivity index (χ2v) is 16.3. The number of ether oxygens (including phenoxy) is 6. The number of hydrogen-bond acceptors (Lipinski definition) is 13. The lowest BCUT2D eigenvalue weighted by Crippen LogP contribution is -2.60. The molecule has 0 saturated carbocycles. The summed E-state index contributed by atoms with van der Waals surface area (Å²) in [5.41, 5.74) is -0.878. The highest BCUT2D eigenvalue weighted by atomic mass is 16.8. The quantitative estimate of drug-likeness (QED) is 0.217. The van der Waals surface area contributed by atoms with E-state index in [1.54, 1.807) is 41.5 Å². The summed E-state index contributed by atoms with van der Waals surface area (Å²) in [7, 11) is 3.74. The molecule has 3 fully saturated rings. The van der Waals surface area contributed by atoms with Crippen LogP contribution in [0.2, 0.25) is 0 Å². The molecular formula is C41H58N2O11. The van der Waals surface area contributed by atoms with Gasteiger partial charge in [-0.15, -0.1) is 0 Å². The number of esters is 1. The number of carbonyl (C=O) groups is 4. The average Bonchev–Trinajstić information content (AvgIpc) is 3.45. The van der Waals surface area contributed by atoms with Gasteiger partial charge in [-0.25, -0.2) is 4.79 Å². The Morgan fingerprint density at radius 1 is 0.963 bits per heavy atom. The molecule has 0 amide bonds. The van der Waals surface area contributed by atoms with Crippen LogP contribution in [0.1, 0.15) is 80.2 Å². The van der Waals surface area contributed by atoms with Crippen molar-refractivity contribution in [1.82, 2.24) is 9.88 Å². The van der Waals surface area contributed by atoms with Gasteiger partial charge in [-0.1, -0.05) is 39.0 Å². The van der Waals surface area contributed by atoms with E-state index in [2.05, 4.69) is 11.1 Å². The van der Waals surface area contributed by atoms with E-state index in [-0.39, 0.29) is 31.0 Å². The number of carbonyl (C=O) groups excluding carboxylic acids is 4. The summed E-state index contributed by atoms with van der Waals surface area (Å²) in [6, 6.07) is 9.69. The van der Waals surface area contributed by atoms with Crippen LogP contribution < -0.4 is 0 Å². The molecule has 13 atom stereocenters. The molecule has 2 aromatic rings. The Balaban J connectivity index is 1.51. The summed E-state index contributed by atoms with van der Waals surface area (Å²) in [4.78, 5) is 61.3. The Morgan fingerprint density at radius 3 is 2.37 bits per heavy atom. The highest BCUT2D eigenvalue weighted by molar-refractivity contribution is 6.00. The number of aliphatic hydroxyl groups is 1. The number of cyclic esters (lactones) is 1. The molecule has 3 saturated heterocycles. The van der Waals surface area contributed by atoms with Crippen molar-refractivity contribution in [2.75, 3.05) is 20.7 Å². The number of ketones is 2. The van der Waals surface area contributed by atoms with Crippen LogP contribution in [0.15, 0.2) is 36.5 Å². The maximum Gasteiger partial charge on any atom is 0.509 e. The molecule has 1 aromatic heterocycles. The van der Waals surface area contributed by atoms with Crippen LogP contribution in [0.3, 0.4) is 0 Å². The number of hydrogen-bond donors (Lipinski definition) is 1. The van der Waals surface area contributed by atoms with Crippen molar-refractivity contribution in [3.8, 4) is 0 Å². The van der Waals surface area contributed by atoms with Crippen molar-refractivity contribution < 1.29 is 52.7 Å². The minimum absolute atomic E-state index is 0.0953. The van der Waals surface area contributed by atoms with Crippen molar-refractivity contribution in [1.29, 1.82) is 0 Å². The zero-order chi connectivity index (χ0) is 39.7. The molecule has 3 aliphatic rings. The lowest BCUT2D eigenvalue weighted by Gasteiger charge is -2.47. The number of aliphatic hydroxyl groups excluding tert-OH is 1. The molecule has 0 aliphatic carbocycles. The molecule has 3 aliphatic heterocycles. The molecule has 0 radical (unpaired) electrons. The first-order valence-corrected chi connectivity index (χ1v) is 19.2. The van der Waals surface area contributed by atoms with Crippen LogP contribution in [0, 0.1) is 23.7 Å². The van der Waals surface area contributed by atoms with E-state index in [1.807, 2.05) is 56.4 Å². The summed E-state index contributed by atoms with van der Waals surface area (Å²) in [5, 5.41) is 12.6. The molecule has 298 valence electrons. The molecule has 13 heteroatoms. The Labute approximate surface area is 318 Å². The second-order valence-electron chi connectivity index (χ2n) is 16.3. The van der Waals surface area contributed by atoms with Crippen molar-refractivity contribution in [3.63, 3.8) is 0 Å². The van der Waals surface area contributed by atoms with E-state index in [9.17, 15) is 24.3 Å². The number of aromatic nitrogens is 1. The highest BCUT2D eigenvalue weighted by Gasteiger charge is 2.58. The molecule has 1 aromatic carbocycles. The first-order valence-electron chi connectivity index (χ1n) is 19.2. The van der Waals surface area contributed by atoms with Gasteiger partial charge in [-0.05, 0) is 92.1 Å². The summed E-state index contributed by atoms with van der Waals surface area (Å²) in [6.45, 7) is 13.6. The predicted octanol–water partition coefficient (Wildman–Crippen LogP) is 5.07. The third kappa shape index (κ3) is 8.65. The van der Waals surface area contributed by atoms with E-state index in [0.717, 1.165) is 16.5 Å². The molecule has 0 spiro atoms. The Kier molecular flexibility index (Phi) is 12.9. The predicted molar refractivity (Wildman–Crippen MR) is 198 cm³/mol. The second kappa shape index (κ2) is 16.7. The van der Waals surface area contributed by atoms with Crippen LogP contribution >= 0.6 is 0 Å². The average molecular weight is 755 g/mol. The fourth-order valence-corrected chi connectivity index (χ4v) is 8.44. The smallest absolute Gasteiger partial charge is 0.458 e. The van der Waals surface area contributed by atoms with Crippen LogP contribution in [-0.2, 0) is 49.2 Å². The fraction of sp³-hybridized carbons (Fsp3) is 0.683. The summed E-state index contributed by atoms with van der Waals surface area (Å²) in [6.07, 6.45) is -2.93. The molecule has 1 N–H and O–H groups in total. The van der Waals surface area contributed by atoms with E-state index in [4.69, 9.17) is 28.4 Å². The minimum Gasteiger partial charge on any atom is -0.458 e. The number of para-hydroxylation sites is 1. The summed E-state index contributed by atoms with van der Waals surface area (Å²) >= 11 is 0. The van der Waals surface area contributed by atoms with Gasteiger partial charge in [0.1, 0.15) is 23.9 Å². The molecule has 4 heterocycles. The number of likely N-dealkylation sites (N-methyl/N-ethyl adjacent to an activating group) is 1. The molecule has 54 heavy (non-hydrogen) atoms. The molecule has 5 rings (SSSR count). The maximum absolute atomic E-state index is 14.3. The van der Waals surface area contributed by atoms with Crippen molar-refractivity contribution >= 4 is 34.6 Å². The molecular weight excluding hydrogens is 696 g/mol. The zero-order valence-electron chi connectivity index (χ0n) is 33.3. The monoisotopic (exact) mass is 754 g/mol. The van der Waals surface area contributed by atoms with Crippen molar-refractivity contribution in [2.45, 2.75) is 135 Å². The van der Waals surface area contributed by atoms with Gasteiger partial charge in [0.2, 0.25) is 0 Å². The Morgan fingerprint density at radius 2 is 1.67 bits per heavy atom. The summed E-state index contributed by atoms with van der Waals surface area (Å²) < 4.78 is 36.6. The van der Waals surface area contributed by atoms with E-state index >= 15 is 0 Å². The number of aryl methyl sites for hydroxylation is 1. The molecule has 0 bridgehead atoms.